The van der Waals surface area contributed by atoms with Gasteiger partial charge in [0.1, 0.15) is 25.1 Å². The minimum atomic E-state index is -1.39. The van der Waals surface area contributed by atoms with Gasteiger partial charge < -0.3 is 24.5 Å². The summed E-state index contributed by atoms with van der Waals surface area (Å²) in [4.78, 5) is 48.4. The van der Waals surface area contributed by atoms with E-state index in [0.717, 1.165) is 6.29 Å². The van der Waals surface area contributed by atoms with Gasteiger partial charge in [0, 0.05) is 47.2 Å². The number of Topliss-reactive ketones (excluding diaryl/α,β-unsaturated/α-hetero) is 1. The van der Waals surface area contributed by atoms with E-state index in [1.165, 1.54) is 6.92 Å². The largest absolute Gasteiger partial charge is 0.463 e. The number of fused-ring (bicyclic) bond motifs is 3. The molecule has 0 spiro atoms. The molecular formula is C22H28O8. The lowest BCUT2D eigenvalue weighted by Gasteiger charge is -2.55. The van der Waals surface area contributed by atoms with Gasteiger partial charge >= 0.3 is 11.9 Å². The van der Waals surface area contributed by atoms with Crippen LogP contribution in [-0.4, -0.2) is 59.1 Å². The molecule has 3 fully saturated rings. The summed E-state index contributed by atoms with van der Waals surface area (Å²) in [7, 11) is 0. The monoisotopic (exact) mass is 420 g/mol. The molecular weight excluding hydrogens is 392 g/mol. The molecule has 0 aromatic heterocycles. The van der Waals surface area contributed by atoms with Gasteiger partial charge in [-0.1, -0.05) is 20.1 Å². The van der Waals surface area contributed by atoms with Crippen LogP contribution in [0.2, 0.25) is 0 Å². The second-order valence-electron chi connectivity index (χ2n) is 8.86. The fraction of sp³-hybridized carbons (Fsp3) is 0.636. The molecule has 2 N–H and O–H groups in total. The highest BCUT2D eigenvalue weighted by molar-refractivity contribution is 6.00. The lowest BCUT2D eigenvalue weighted by molar-refractivity contribution is -0.178. The quantitative estimate of drug-likeness (QED) is 0.366. The molecule has 30 heavy (non-hydrogen) atoms. The number of aldehydes is 1. The Kier molecular flexibility index (Phi) is 6.02. The number of aliphatic hydroxyl groups is 2. The van der Waals surface area contributed by atoms with Crippen molar-refractivity contribution in [3.63, 3.8) is 0 Å². The number of ether oxygens (including phenoxy) is 2. The Bertz CT molecular complexity index is 801. The molecule has 0 bridgehead atoms. The Morgan fingerprint density at radius 1 is 1.40 bits per heavy atom. The highest BCUT2D eigenvalue weighted by Gasteiger charge is 2.64. The van der Waals surface area contributed by atoms with Crippen LogP contribution in [0.3, 0.4) is 0 Å². The van der Waals surface area contributed by atoms with Crippen LogP contribution in [0.1, 0.15) is 33.1 Å². The third-order valence-electron chi connectivity index (χ3n) is 7.14. The number of rotatable bonds is 6. The Hall–Kier alpha value is -2.32. The minimum absolute atomic E-state index is 0.146. The molecule has 1 aliphatic heterocycles. The van der Waals surface area contributed by atoms with E-state index in [4.69, 9.17) is 9.47 Å². The van der Waals surface area contributed by atoms with Crippen LogP contribution in [0.15, 0.2) is 24.3 Å². The van der Waals surface area contributed by atoms with Crippen molar-refractivity contribution in [3.05, 3.63) is 24.3 Å². The molecule has 164 valence electrons. The summed E-state index contributed by atoms with van der Waals surface area (Å²) in [5, 5.41) is 21.0. The van der Waals surface area contributed by atoms with Crippen LogP contribution in [0, 0.1) is 29.1 Å². The molecule has 8 atom stereocenters. The van der Waals surface area contributed by atoms with Crippen LogP contribution in [0.4, 0.5) is 0 Å². The first-order valence-corrected chi connectivity index (χ1v) is 10.1. The standard InChI is InChI=1S/C22H28O8/c1-10(15(25)9-29-12(3)24)19(27)14-7-22(4)16(26)6-5-13(8-23)18(22)20-17(14)11(2)21(28)30-20/h8,13-18,20,25-26H,1-2,5-7,9H2,3-4H3/t13-,14+,15?,16-,17+,18-,20?,22+/m1/s1. The van der Waals surface area contributed by atoms with E-state index in [1.54, 1.807) is 0 Å². The molecule has 3 aliphatic rings. The molecule has 2 unspecified atom stereocenters. The predicted octanol–water partition coefficient (Wildman–Crippen LogP) is 0.746. The number of aliphatic hydroxyl groups excluding tert-OH is 2. The van der Waals surface area contributed by atoms with Gasteiger partial charge in [0.05, 0.1) is 6.10 Å². The average Bonchev–Trinajstić information content (AvgIpc) is 2.99. The summed E-state index contributed by atoms with van der Waals surface area (Å²) in [6.07, 6.45) is -1.02. The van der Waals surface area contributed by atoms with E-state index >= 15 is 0 Å². The zero-order valence-corrected chi connectivity index (χ0v) is 17.2. The zero-order chi connectivity index (χ0) is 22.4. The maximum Gasteiger partial charge on any atom is 0.334 e. The maximum atomic E-state index is 13.3. The van der Waals surface area contributed by atoms with Crippen molar-refractivity contribution < 1.29 is 38.9 Å². The van der Waals surface area contributed by atoms with Crippen LogP contribution >= 0.6 is 0 Å². The summed E-state index contributed by atoms with van der Waals surface area (Å²) >= 11 is 0. The Morgan fingerprint density at radius 3 is 2.67 bits per heavy atom. The van der Waals surface area contributed by atoms with Gasteiger partial charge in [0.15, 0.2) is 5.78 Å². The molecule has 8 nitrogen and oxygen atoms in total. The van der Waals surface area contributed by atoms with Gasteiger partial charge in [-0.3, -0.25) is 9.59 Å². The van der Waals surface area contributed by atoms with Gasteiger partial charge in [0.25, 0.3) is 0 Å². The van der Waals surface area contributed by atoms with Gasteiger partial charge in [-0.2, -0.15) is 0 Å². The van der Waals surface area contributed by atoms with Gasteiger partial charge in [0.2, 0.25) is 0 Å². The Balaban J connectivity index is 1.95. The maximum absolute atomic E-state index is 13.3. The van der Waals surface area contributed by atoms with Crippen LogP contribution < -0.4 is 0 Å². The molecule has 3 rings (SSSR count). The molecule has 2 saturated carbocycles. The molecule has 0 amide bonds. The van der Waals surface area contributed by atoms with Gasteiger partial charge in [-0.05, 0) is 19.3 Å². The number of esters is 2. The van der Waals surface area contributed by atoms with E-state index in [-0.39, 0.29) is 17.6 Å². The topological polar surface area (TPSA) is 127 Å². The van der Waals surface area contributed by atoms with E-state index in [9.17, 15) is 29.4 Å². The fourth-order valence-electron chi connectivity index (χ4n) is 5.55. The minimum Gasteiger partial charge on any atom is -0.463 e. The van der Waals surface area contributed by atoms with Gasteiger partial charge in [-0.25, -0.2) is 4.79 Å². The first kappa shape index (κ1) is 22.4. The molecule has 8 heteroatoms. The summed E-state index contributed by atoms with van der Waals surface area (Å²) in [6, 6.07) is 0. The summed E-state index contributed by atoms with van der Waals surface area (Å²) < 4.78 is 10.3. The third kappa shape index (κ3) is 3.52. The first-order valence-electron chi connectivity index (χ1n) is 10.1. The second-order valence-corrected chi connectivity index (χ2v) is 8.86. The van der Waals surface area contributed by atoms with Crippen molar-refractivity contribution in [1.82, 2.24) is 0 Å². The smallest absolute Gasteiger partial charge is 0.334 e. The van der Waals surface area contributed by atoms with E-state index in [2.05, 4.69) is 13.2 Å². The zero-order valence-electron chi connectivity index (χ0n) is 17.2. The third-order valence-corrected chi connectivity index (χ3v) is 7.14. The molecule has 2 aliphatic carbocycles. The Labute approximate surface area is 174 Å². The Morgan fingerprint density at radius 2 is 2.07 bits per heavy atom. The van der Waals surface area contributed by atoms with Crippen molar-refractivity contribution >= 4 is 24.0 Å². The average molecular weight is 420 g/mol. The van der Waals surface area contributed by atoms with Crippen molar-refractivity contribution in [3.8, 4) is 0 Å². The highest BCUT2D eigenvalue weighted by Crippen LogP contribution is 2.59. The van der Waals surface area contributed by atoms with Crippen molar-refractivity contribution in [2.75, 3.05) is 6.61 Å². The van der Waals surface area contributed by atoms with Crippen molar-refractivity contribution in [2.45, 2.75) is 51.4 Å². The van der Waals surface area contributed by atoms with E-state index < -0.39 is 71.7 Å². The summed E-state index contributed by atoms with van der Waals surface area (Å²) in [5.74, 6) is -4.04. The van der Waals surface area contributed by atoms with Gasteiger partial charge in [-0.15, -0.1) is 0 Å². The van der Waals surface area contributed by atoms with E-state index in [1.807, 2.05) is 6.92 Å². The molecule has 0 aromatic carbocycles. The molecule has 0 radical (unpaired) electrons. The molecule has 1 heterocycles. The fourth-order valence-corrected chi connectivity index (χ4v) is 5.55. The molecule has 1 saturated heterocycles. The normalized spacial score (nSPS) is 38.7. The highest BCUT2D eigenvalue weighted by atomic mass is 16.6. The number of ketones is 1. The van der Waals surface area contributed by atoms with Crippen molar-refractivity contribution in [2.24, 2.45) is 29.1 Å². The van der Waals surface area contributed by atoms with Crippen LogP contribution in [0.5, 0.6) is 0 Å². The number of carbonyl (C=O) groups is 4. The van der Waals surface area contributed by atoms with Crippen molar-refractivity contribution in [1.29, 1.82) is 0 Å². The number of hydrogen-bond donors (Lipinski definition) is 2. The SMILES string of the molecule is C=C(C(=O)[C@H]1C[C@@]2(C)[C@H](O)CC[C@H](C=O)[C@@H]2C2OC(=O)C(=C)[C@H]21)C(O)COC(C)=O. The number of carbonyl (C=O) groups excluding carboxylic acids is 4. The predicted molar refractivity (Wildman–Crippen MR) is 104 cm³/mol. The van der Waals surface area contributed by atoms with Crippen LogP contribution in [-0.2, 0) is 28.7 Å². The summed E-state index contributed by atoms with van der Waals surface area (Å²) in [6.45, 7) is 10.1. The lowest BCUT2D eigenvalue weighted by Crippen LogP contribution is -2.59. The number of hydrogen-bond acceptors (Lipinski definition) is 8. The van der Waals surface area contributed by atoms with E-state index in [0.29, 0.717) is 12.8 Å². The van der Waals surface area contributed by atoms with Crippen LogP contribution in [0.25, 0.3) is 0 Å². The first-order chi connectivity index (χ1) is 14.0. The summed E-state index contributed by atoms with van der Waals surface area (Å²) in [5.41, 5.74) is -0.837. The molecule has 0 aromatic rings. The second kappa shape index (κ2) is 8.07. The lowest BCUT2D eigenvalue weighted by atomic mass is 9.49.